The van der Waals surface area contributed by atoms with Crippen LogP contribution in [0.3, 0.4) is 0 Å². The SMILES string of the molecule is Cc1ccc(NC(=O)CCc2ncc(-c3ccccc3F)o2)cc1S(=O)(=O)N1CCOCC1. The van der Waals surface area contributed by atoms with Crippen molar-refractivity contribution in [1.82, 2.24) is 9.29 Å². The van der Waals surface area contributed by atoms with E-state index in [-0.39, 0.29) is 23.6 Å². The molecule has 0 aliphatic carbocycles. The first-order valence-corrected chi connectivity index (χ1v) is 12.0. The first-order valence-electron chi connectivity index (χ1n) is 10.5. The molecule has 1 aliphatic rings. The van der Waals surface area contributed by atoms with Gasteiger partial charge in [-0.1, -0.05) is 18.2 Å². The van der Waals surface area contributed by atoms with Crippen molar-refractivity contribution in [2.75, 3.05) is 31.6 Å². The van der Waals surface area contributed by atoms with Gasteiger partial charge >= 0.3 is 0 Å². The Bertz CT molecular complexity index is 1250. The third kappa shape index (κ3) is 5.29. The number of hydrogen-bond acceptors (Lipinski definition) is 6. The van der Waals surface area contributed by atoms with Gasteiger partial charge in [0.15, 0.2) is 11.7 Å². The molecule has 1 saturated heterocycles. The van der Waals surface area contributed by atoms with E-state index in [1.54, 1.807) is 37.3 Å². The minimum absolute atomic E-state index is 0.0661. The number of halogens is 1. The van der Waals surface area contributed by atoms with Crippen LogP contribution in [-0.2, 0) is 26.0 Å². The summed E-state index contributed by atoms with van der Waals surface area (Å²) in [6.07, 6.45) is 1.70. The first-order chi connectivity index (χ1) is 15.8. The summed E-state index contributed by atoms with van der Waals surface area (Å²) in [5, 5.41) is 2.73. The molecule has 1 aliphatic heterocycles. The number of anilines is 1. The molecule has 10 heteroatoms. The monoisotopic (exact) mass is 473 g/mol. The molecular formula is C23H24FN3O5S. The smallest absolute Gasteiger partial charge is 0.243 e. The summed E-state index contributed by atoms with van der Waals surface area (Å²) < 4.78 is 52.1. The van der Waals surface area contributed by atoms with E-state index in [4.69, 9.17) is 9.15 Å². The molecule has 8 nitrogen and oxygen atoms in total. The van der Waals surface area contributed by atoms with Crippen LogP contribution in [-0.4, -0.2) is 49.9 Å². The zero-order chi connectivity index (χ0) is 23.4. The fraction of sp³-hybridized carbons (Fsp3) is 0.304. The van der Waals surface area contributed by atoms with Crippen LogP contribution in [0.1, 0.15) is 17.9 Å². The van der Waals surface area contributed by atoms with E-state index < -0.39 is 15.8 Å². The van der Waals surface area contributed by atoms with Crippen molar-refractivity contribution >= 4 is 21.6 Å². The maximum Gasteiger partial charge on any atom is 0.243 e. The molecule has 33 heavy (non-hydrogen) atoms. The fourth-order valence-corrected chi connectivity index (χ4v) is 5.20. The van der Waals surface area contributed by atoms with Crippen LogP contribution in [0.15, 0.2) is 58.0 Å². The molecule has 1 aromatic heterocycles. The number of oxazole rings is 1. The number of nitrogens with zero attached hydrogens (tertiary/aromatic N) is 2. The highest BCUT2D eigenvalue weighted by atomic mass is 32.2. The lowest BCUT2D eigenvalue weighted by Gasteiger charge is -2.26. The molecule has 2 heterocycles. The quantitative estimate of drug-likeness (QED) is 0.565. The largest absolute Gasteiger partial charge is 0.441 e. The molecule has 2 aromatic carbocycles. The minimum atomic E-state index is -3.69. The Hall–Kier alpha value is -3.08. The standard InChI is InChI=1S/C23H24FN3O5S/c1-16-6-7-17(14-21(16)33(29,30)27-10-12-31-13-11-27)26-22(28)8-9-23-25-15-20(32-23)18-4-2-3-5-19(18)24/h2-7,14-15H,8-13H2,1H3,(H,26,28). The number of carbonyl (C=O) groups is 1. The number of amides is 1. The van der Waals surface area contributed by atoms with Gasteiger partial charge in [0.1, 0.15) is 5.82 Å². The van der Waals surface area contributed by atoms with Crippen LogP contribution >= 0.6 is 0 Å². The van der Waals surface area contributed by atoms with Crippen molar-refractivity contribution in [3.05, 3.63) is 65.9 Å². The van der Waals surface area contributed by atoms with Crippen LogP contribution < -0.4 is 5.32 Å². The molecular weight excluding hydrogens is 449 g/mol. The summed E-state index contributed by atoms with van der Waals surface area (Å²) in [5.41, 5.74) is 1.28. The fourth-order valence-electron chi connectivity index (χ4n) is 3.54. The highest BCUT2D eigenvalue weighted by molar-refractivity contribution is 7.89. The molecule has 1 amide bonds. The normalized spacial score (nSPS) is 14.8. The molecule has 174 valence electrons. The molecule has 1 fully saturated rings. The predicted octanol–water partition coefficient (Wildman–Crippen LogP) is 3.38. The van der Waals surface area contributed by atoms with E-state index >= 15 is 0 Å². The summed E-state index contributed by atoms with van der Waals surface area (Å²) in [7, 11) is -3.69. The molecule has 0 bridgehead atoms. The van der Waals surface area contributed by atoms with E-state index in [1.807, 2.05) is 0 Å². The zero-order valence-electron chi connectivity index (χ0n) is 18.1. The van der Waals surface area contributed by atoms with Crippen molar-refractivity contribution in [2.45, 2.75) is 24.7 Å². The van der Waals surface area contributed by atoms with E-state index in [0.29, 0.717) is 54.8 Å². The maximum absolute atomic E-state index is 13.9. The maximum atomic E-state index is 13.9. The Kier molecular flexibility index (Phi) is 6.87. The van der Waals surface area contributed by atoms with E-state index in [9.17, 15) is 17.6 Å². The van der Waals surface area contributed by atoms with Crippen molar-refractivity contribution in [2.24, 2.45) is 0 Å². The van der Waals surface area contributed by atoms with Crippen molar-refractivity contribution < 1.29 is 26.8 Å². The highest BCUT2D eigenvalue weighted by Gasteiger charge is 2.28. The Morgan fingerprint density at radius 3 is 2.70 bits per heavy atom. The van der Waals surface area contributed by atoms with Gasteiger partial charge in [-0.05, 0) is 36.8 Å². The van der Waals surface area contributed by atoms with Crippen molar-refractivity contribution in [1.29, 1.82) is 0 Å². The number of morpholine rings is 1. The predicted molar refractivity (Wildman–Crippen MR) is 120 cm³/mol. The average molecular weight is 474 g/mol. The lowest BCUT2D eigenvalue weighted by atomic mass is 10.2. The van der Waals surface area contributed by atoms with Gasteiger partial charge in [-0.3, -0.25) is 4.79 Å². The van der Waals surface area contributed by atoms with Crippen LogP contribution in [0.25, 0.3) is 11.3 Å². The molecule has 1 N–H and O–H groups in total. The third-order valence-corrected chi connectivity index (χ3v) is 7.36. The molecule has 0 unspecified atom stereocenters. The van der Waals surface area contributed by atoms with Crippen LogP contribution in [0.2, 0.25) is 0 Å². The second-order valence-corrected chi connectivity index (χ2v) is 9.55. The number of carbonyl (C=O) groups excluding carboxylic acids is 1. The zero-order valence-corrected chi connectivity index (χ0v) is 18.9. The lowest BCUT2D eigenvalue weighted by Crippen LogP contribution is -2.40. The lowest BCUT2D eigenvalue weighted by molar-refractivity contribution is -0.116. The summed E-state index contributed by atoms with van der Waals surface area (Å²) in [6.45, 7) is 3.02. The summed E-state index contributed by atoms with van der Waals surface area (Å²) in [4.78, 5) is 16.7. The van der Waals surface area contributed by atoms with Crippen LogP contribution in [0.5, 0.6) is 0 Å². The second kappa shape index (κ2) is 9.82. The Morgan fingerprint density at radius 2 is 1.94 bits per heavy atom. The van der Waals surface area contributed by atoms with Gasteiger partial charge in [-0.15, -0.1) is 0 Å². The van der Waals surface area contributed by atoms with Gasteiger partial charge in [0.2, 0.25) is 15.9 Å². The summed E-state index contributed by atoms with van der Waals surface area (Å²) >= 11 is 0. The number of benzene rings is 2. The number of aryl methyl sites for hydroxylation is 2. The van der Waals surface area contributed by atoms with Crippen LogP contribution in [0.4, 0.5) is 10.1 Å². The number of nitrogens with one attached hydrogen (secondary N) is 1. The second-order valence-electron chi connectivity index (χ2n) is 7.64. The summed E-state index contributed by atoms with van der Waals surface area (Å²) in [6, 6.07) is 11.0. The van der Waals surface area contributed by atoms with Gasteiger partial charge in [0.25, 0.3) is 0 Å². The molecule has 0 saturated carbocycles. The molecule has 3 aromatic rings. The Morgan fingerprint density at radius 1 is 1.18 bits per heavy atom. The number of sulfonamides is 1. The van der Waals surface area contributed by atoms with Gasteiger partial charge in [0.05, 0.1) is 29.9 Å². The topological polar surface area (TPSA) is 102 Å². The number of rotatable bonds is 7. The Labute approximate surface area is 191 Å². The van der Waals surface area contributed by atoms with E-state index in [0.717, 1.165) is 0 Å². The average Bonchev–Trinajstić information content (AvgIpc) is 3.28. The van der Waals surface area contributed by atoms with E-state index in [2.05, 4.69) is 10.3 Å². The molecule has 0 radical (unpaired) electrons. The van der Waals surface area contributed by atoms with Gasteiger partial charge in [-0.2, -0.15) is 4.31 Å². The van der Waals surface area contributed by atoms with Crippen LogP contribution in [0, 0.1) is 12.7 Å². The molecule has 0 atom stereocenters. The third-order valence-electron chi connectivity index (χ3n) is 5.32. The Balaban J connectivity index is 1.40. The van der Waals surface area contributed by atoms with E-state index in [1.165, 1.54) is 22.6 Å². The molecule has 0 spiro atoms. The molecule has 4 rings (SSSR count). The van der Waals surface area contributed by atoms with Gasteiger partial charge in [0, 0.05) is 31.6 Å². The number of hydrogen-bond donors (Lipinski definition) is 1. The first kappa shape index (κ1) is 23.1. The number of ether oxygens (including phenoxy) is 1. The minimum Gasteiger partial charge on any atom is -0.441 e. The van der Waals surface area contributed by atoms with Crippen molar-refractivity contribution in [3.8, 4) is 11.3 Å². The number of aromatic nitrogens is 1. The summed E-state index contributed by atoms with van der Waals surface area (Å²) in [5.74, 6) is -0.137. The highest BCUT2D eigenvalue weighted by Crippen LogP contribution is 2.25. The van der Waals surface area contributed by atoms with Crippen molar-refractivity contribution in [3.63, 3.8) is 0 Å². The van der Waals surface area contributed by atoms with Gasteiger partial charge < -0.3 is 14.5 Å². The van der Waals surface area contributed by atoms with Gasteiger partial charge in [-0.25, -0.2) is 17.8 Å².